The standard InChI is InChI=1S/C31H45FO3/c1-22(2)12-9-13-23(3)14-10-15-24(4)16-11-19-29(5,32)20-21-31-28(34)26-18-8-7-17-25(26)27(33)30(31,6)35-31/h7-8,17-18,20-24H,9-16,19H2,1-6H3/b21-20+. The van der Waals surface area contributed by atoms with Crippen LogP contribution in [-0.4, -0.2) is 28.4 Å². The van der Waals surface area contributed by atoms with E-state index in [9.17, 15) is 9.59 Å². The van der Waals surface area contributed by atoms with E-state index in [2.05, 4.69) is 27.7 Å². The van der Waals surface area contributed by atoms with Gasteiger partial charge in [0.2, 0.25) is 5.78 Å². The summed E-state index contributed by atoms with van der Waals surface area (Å²) in [6.45, 7) is 12.4. The van der Waals surface area contributed by atoms with Gasteiger partial charge >= 0.3 is 0 Å². The highest BCUT2D eigenvalue weighted by molar-refractivity contribution is 6.25. The summed E-state index contributed by atoms with van der Waals surface area (Å²) >= 11 is 0. The smallest absolute Gasteiger partial charge is 0.202 e. The Morgan fingerprint density at radius 2 is 1.40 bits per heavy atom. The fraction of sp³-hybridized carbons (Fsp3) is 0.677. The molecule has 0 saturated carbocycles. The monoisotopic (exact) mass is 484 g/mol. The second-order valence-electron chi connectivity index (χ2n) is 12.0. The lowest BCUT2D eigenvalue weighted by molar-refractivity contribution is 0.0863. The number of ether oxygens (including phenoxy) is 1. The molecule has 5 atom stereocenters. The van der Waals surface area contributed by atoms with Crippen LogP contribution < -0.4 is 0 Å². The number of benzene rings is 1. The first-order valence-corrected chi connectivity index (χ1v) is 13.7. The third-order valence-electron chi connectivity index (χ3n) is 8.12. The minimum atomic E-state index is -1.55. The van der Waals surface area contributed by atoms with Crippen LogP contribution in [0.1, 0.15) is 120 Å². The van der Waals surface area contributed by atoms with Crippen LogP contribution in [0.5, 0.6) is 0 Å². The van der Waals surface area contributed by atoms with Gasteiger partial charge < -0.3 is 4.74 Å². The van der Waals surface area contributed by atoms with Crippen LogP contribution in [0.15, 0.2) is 36.4 Å². The third-order valence-corrected chi connectivity index (χ3v) is 8.12. The summed E-state index contributed by atoms with van der Waals surface area (Å²) in [5.74, 6) is 1.70. The summed E-state index contributed by atoms with van der Waals surface area (Å²) in [7, 11) is 0. The molecule has 1 aliphatic heterocycles. The van der Waals surface area contributed by atoms with Crippen molar-refractivity contribution in [2.45, 2.75) is 116 Å². The van der Waals surface area contributed by atoms with Gasteiger partial charge in [-0.3, -0.25) is 9.59 Å². The van der Waals surface area contributed by atoms with Gasteiger partial charge in [0, 0.05) is 11.1 Å². The Bertz CT molecular complexity index is 933. The number of carbonyl (C=O) groups excluding carboxylic acids is 2. The first-order chi connectivity index (χ1) is 16.4. The van der Waals surface area contributed by atoms with Crippen LogP contribution >= 0.6 is 0 Å². The van der Waals surface area contributed by atoms with E-state index >= 15 is 4.39 Å². The van der Waals surface area contributed by atoms with E-state index in [-0.39, 0.29) is 11.6 Å². The Balaban J connectivity index is 1.44. The van der Waals surface area contributed by atoms with Crippen molar-refractivity contribution in [2.75, 3.05) is 0 Å². The van der Waals surface area contributed by atoms with Gasteiger partial charge in [0.05, 0.1) is 0 Å². The number of hydrogen-bond acceptors (Lipinski definition) is 3. The molecule has 0 N–H and O–H groups in total. The van der Waals surface area contributed by atoms with Crippen molar-refractivity contribution in [1.29, 1.82) is 0 Å². The van der Waals surface area contributed by atoms with Crippen LogP contribution in [0.3, 0.4) is 0 Å². The summed E-state index contributed by atoms with van der Waals surface area (Å²) in [5.41, 5.74) is -3.40. The molecule has 2 aliphatic rings. The third kappa shape index (κ3) is 6.31. The lowest BCUT2D eigenvalue weighted by atomic mass is 9.74. The van der Waals surface area contributed by atoms with Crippen molar-refractivity contribution in [3.63, 3.8) is 0 Å². The van der Waals surface area contributed by atoms with Crippen molar-refractivity contribution in [1.82, 2.24) is 0 Å². The maximum absolute atomic E-state index is 15.3. The second-order valence-corrected chi connectivity index (χ2v) is 12.0. The molecule has 0 radical (unpaired) electrons. The highest BCUT2D eigenvalue weighted by atomic mass is 19.1. The lowest BCUT2D eigenvalue weighted by Gasteiger charge is -2.22. The molecule has 0 bridgehead atoms. The van der Waals surface area contributed by atoms with E-state index in [1.165, 1.54) is 50.7 Å². The predicted octanol–water partition coefficient (Wildman–Crippen LogP) is 8.32. The summed E-state index contributed by atoms with van der Waals surface area (Å²) in [6, 6.07) is 6.78. The van der Waals surface area contributed by atoms with Gasteiger partial charge in [-0.1, -0.05) is 96.9 Å². The largest absolute Gasteiger partial charge is 0.341 e. The molecule has 1 aliphatic carbocycles. The Morgan fingerprint density at radius 1 is 0.886 bits per heavy atom. The normalized spacial score (nSPS) is 27.0. The molecular weight excluding hydrogens is 439 g/mol. The lowest BCUT2D eigenvalue weighted by Crippen LogP contribution is -2.42. The number of Topliss-reactive ketones (excluding diaryl/α,β-unsaturated/α-hetero) is 2. The van der Waals surface area contributed by atoms with Crippen molar-refractivity contribution < 1.29 is 18.7 Å². The number of hydrogen-bond donors (Lipinski definition) is 0. The van der Waals surface area contributed by atoms with Gasteiger partial charge in [-0.15, -0.1) is 0 Å². The zero-order chi connectivity index (χ0) is 25.9. The molecule has 1 aromatic rings. The molecule has 194 valence electrons. The van der Waals surface area contributed by atoms with E-state index in [0.29, 0.717) is 23.5 Å². The van der Waals surface area contributed by atoms with Gasteiger partial charge in [-0.05, 0) is 56.6 Å². The molecule has 4 heteroatoms. The Kier molecular flexibility index (Phi) is 8.78. The fourth-order valence-electron chi connectivity index (χ4n) is 5.53. The second kappa shape index (κ2) is 11.1. The SMILES string of the molecule is CC(C)CCCC(C)CCCC(C)CCCC(C)(F)/C=C/C12OC1(C)C(=O)c1ccccc1C2=O. The van der Waals surface area contributed by atoms with Gasteiger partial charge in [-0.2, -0.15) is 0 Å². The fourth-order valence-corrected chi connectivity index (χ4v) is 5.53. The van der Waals surface area contributed by atoms with Crippen LogP contribution in [0, 0.1) is 17.8 Å². The molecule has 1 heterocycles. The van der Waals surface area contributed by atoms with E-state index in [1.807, 2.05) is 0 Å². The maximum atomic E-state index is 15.3. The van der Waals surface area contributed by atoms with Crippen molar-refractivity contribution in [3.8, 4) is 0 Å². The summed E-state index contributed by atoms with van der Waals surface area (Å²) < 4.78 is 21.1. The van der Waals surface area contributed by atoms with Crippen molar-refractivity contribution in [2.24, 2.45) is 17.8 Å². The number of ketones is 2. The molecule has 0 aromatic heterocycles. The van der Waals surface area contributed by atoms with Crippen LogP contribution in [0.4, 0.5) is 4.39 Å². The molecular formula is C31H45FO3. The molecule has 0 spiro atoms. The van der Waals surface area contributed by atoms with Crippen molar-refractivity contribution in [3.05, 3.63) is 47.5 Å². The molecule has 1 aromatic carbocycles. The van der Waals surface area contributed by atoms with Gasteiger partial charge in [0.25, 0.3) is 0 Å². The number of epoxide rings is 1. The number of halogens is 1. The number of carbonyl (C=O) groups is 2. The quantitative estimate of drug-likeness (QED) is 0.197. The maximum Gasteiger partial charge on any atom is 0.202 e. The molecule has 0 amide bonds. The zero-order valence-corrected chi connectivity index (χ0v) is 22.7. The van der Waals surface area contributed by atoms with Crippen molar-refractivity contribution >= 4 is 11.6 Å². The summed E-state index contributed by atoms with van der Waals surface area (Å²) in [4.78, 5) is 26.0. The van der Waals surface area contributed by atoms with Crippen LogP contribution in [-0.2, 0) is 4.74 Å². The van der Waals surface area contributed by atoms with E-state index in [1.54, 1.807) is 38.1 Å². The predicted molar refractivity (Wildman–Crippen MR) is 141 cm³/mol. The molecule has 5 unspecified atom stereocenters. The summed E-state index contributed by atoms with van der Waals surface area (Å²) in [6.07, 6.45) is 12.8. The highest BCUT2D eigenvalue weighted by Crippen LogP contribution is 2.56. The number of fused-ring (bicyclic) bond motifs is 2. The molecule has 3 nitrogen and oxygen atoms in total. The Morgan fingerprint density at radius 3 is 1.97 bits per heavy atom. The van der Waals surface area contributed by atoms with Gasteiger partial charge in [0.1, 0.15) is 5.67 Å². The number of allylic oxidation sites excluding steroid dienone is 1. The van der Waals surface area contributed by atoms with E-state index in [4.69, 9.17) is 4.74 Å². The van der Waals surface area contributed by atoms with Crippen LogP contribution in [0.25, 0.3) is 0 Å². The highest BCUT2D eigenvalue weighted by Gasteiger charge is 2.77. The molecule has 3 rings (SSSR count). The van der Waals surface area contributed by atoms with Gasteiger partial charge in [-0.25, -0.2) is 4.39 Å². The number of rotatable bonds is 14. The van der Waals surface area contributed by atoms with E-state index in [0.717, 1.165) is 24.7 Å². The average molecular weight is 485 g/mol. The Labute approximate surface area is 211 Å². The van der Waals surface area contributed by atoms with E-state index < -0.39 is 16.9 Å². The molecule has 1 saturated heterocycles. The first-order valence-electron chi connectivity index (χ1n) is 13.7. The topological polar surface area (TPSA) is 46.7 Å². The number of alkyl halides is 1. The minimum Gasteiger partial charge on any atom is -0.341 e. The minimum absolute atomic E-state index is 0.207. The molecule has 35 heavy (non-hydrogen) atoms. The zero-order valence-electron chi connectivity index (χ0n) is 22.7. The molecule has 1 fully saturated rings. The first kappa shape index (κ1) is 27.8. The average Bonchev–Trinajstić information content (AvgIpc) is 3.44. The van der Waals surface area contributed by atoms with Crippen LogP contribution in [0.2, 0.25) is 0 Å². The Hall–Kier alpha value is -1.81. The summed E-state index contributed by atoms with van der Waals surface area (Å²) in [5, 5.41) is 0. The van der Waals surface area contributed by atoms with Gasteiger partial charge in [0.15, 0.2) is 17.0 Å².